The van der Waals surface area contributed by atoms with E-state index < -0.39 is 11.8 Å². The molecule has 0 radical (unpaired) electrons. The van der Waals surface area contributed by atoms with Crippen molar-refractivity contribution in [2.75, 3.05) is 33.2 Å². The number of nitrogens with zero attached hydrogens (tertiary/aromatic N) is 1. The molecule has 0 saturated heterocycles. The first-order chi connectivity index (χ1) is 12.0. The minimum Gasteiger partial charge on any atom is -0.493 e. The first-order valence-electron chi connectivity index (χ1n) is 7.29. The number of methoxy groups -OCH3 is 3. The van der Waals surface area contributed by atoms with E-state index in [2.05, 4.69) is 15.8 Å². The van der Waals surface area contributed by atoms with Gasteiger partial charge in [0.25, 0.3) is 5.91 Å². The Morgan fingerprint density at radius 3 is 2.20 bits per heavy atom. The summed E-state index contributed by atoms with van der Waals surface area (Å²) < 4.78 is 20.4. The van der Waals surface area contributed by atoms with Crippen LogP contribution in [0.2, 0.25) is 0 Å². The van der Waals surface area contributed by atoms with E-state index in [1.165, 1.54) is 33.5 Å². The summed E-state index contributed by atoms with van der Waals surface area (Å²) in [5.41, 5.74) is 0.264. The van der Waals surface area contributed by atoms with Crippen molar-refractivity contribution in [2.45, 2.75) is 6.92 Å². The van der Waals surface area contributed by atoms with E-state index in [4.69, 9.17) is 18.7 Å². The van der Waals surface area contributed by atoms with Crippen molar-refractivity contribution < 1.29 is 28.3 Å². The van der Waals surface area contributed by atoms with Gasteiger partial charge in [0.05, 0.1) is 27.9 Å². The number of ether oxygens (including phenoxy) is 3. The van der Waals surface area contributed by atoms with Crippen LogP contribution in [0.1, 0.15) is 16.1 Å². The Hall–Kier alpha value is -3.23. The summed E-state index contributed by atoms with van der Waals surface area (Å²) in [6, 6.07) is 4.56. The molecule has 0 aliphatic rings. The topological polar surface area (TPSA) is 112 Å². The van der Waals surface area contributed by atoms with Crippen LogP contribution in [0.3, 0.4) is 0 Å². The monoisotopic (exact) mass is 349 g/mol. The first kappa shape index (κ1) is 18.1. The van der Waals surface area contributed by atoms with Crippen LogP contribution < -0.4 is 24.8 Å². The van der Waals surface area contributed by atoms with Gasteiger partial charge in [-0.1, -0.05) is 5.16 Å². The van der Waals surface area contributed by atoms with Crippen molar-refractivity contribution in [3.05, 3.63) is 29.5 Å². The molecule has 2 rings (SSSR count). The van der Waals surface area contributed by atoms with Crippen molar-refractivity contribution in [1.29, 1.82) is 0 Å². The second-order valence-electron chi connectivity index (χ2n) is 4.97. The number of rotatable bonds is 7. The highest BCUT2D eigenvalue weighted by atomic mass is 16.5. The first-order valence-corrected chi connectivity index (χ1v) is 7.29. The summed E-state index contributed by atoms with van der Waals surface area (Å²) in [5, 5.41) is 8.65. The minimum atomic E-state index is -0.467. The molecule has 2 N–H and O–H groups in total. The molecule has 0 bridgehead atoms. The van der Waals surface area contributed by atoms with Gasteiger partial charge in [0.2, 0.25) is 11.7 Å². The van der Waals surface area contributed by atoms with Crippen LogP contribution in [0.4, 0.5) is 5.82 Å². The summed E-state index contributed by atoms with van der Waals surface area (Å²) >= 11 is 0. The standard InChI is InChI=1S/C16H19N3O6/c1-9-5-13(19-25-9)18-14(20)8-17-16(21)10-6-11(22-2)15(24-4)12(7-10)23-3/h5-7H,8H2,1-4H3,(H,17,21)(H,18,19,20). The Labute approximate surface area is 144 Å². The Bertz CT molecular complexity index is 746. The fourth-order valence-corrected chi connectivity index (χ4v) is 2.09. The van der Waals surface area contributed by atoms with E-state index >= 15 is 0 Å². The van der Waals surface area contributed by atoms with Crippen molar-refractivity contribution in [3.8, 4) is 17.2 Å². The number of anilines is 1. The summed E-state index contributed by atoms with van der Waals surface area (Å²) in [6.45, 7) is 1.47. The lowest BCUT2D eigenvalue weighted by Crippen LogP contribution is -2.33. The number of aryl methyl sites for hydroxylation is 1. The molecule has 0 fully saturated rings. The van der Waals surface area contributed by atoms with Crippen LogP contribution in [-0.2, 0) is 4.79 Å². The maximum atomic E-state index is 12.3. The average Bonchev–Trinajstić information content (AvgIpc) is 3.02. The molecule has 2 amide bonds. The molecule has 0 aliphatic carbocycles. The van der Waals surface area contributed by atoms with Gasteiger partial charge in [-0.15, -0.1) is 0 Å². The summed E-state index contributed by atoms with van der Waals surface area (Å²) in [5.74, 6) is 1.01. The lowest BCUT2D eigenvalue weighted by Gasteiger charge is -2.14. The third-order valence-electron chi connectivity index (χ3n) is 3.23. The van der Waals surface area contributed by atoms with Gasteiger partial charge in [0, 0.05) is 11.6 Å². The number of aromatic nitrogens is 1. The van der Waals surface area contributed by atoms with E-state index in [1.54, 1.807) is 13.0 Å². The van der Waals surface area contributed by atoms with Gasteiger partial charge < -0.3 is 29.4 Å². The van der Waals surface area contributed by atoms with Gasteiger partial charge in [0.15, 0.2) is 17.3 Å². The van der Waals surface area contributed by atoms with Gasteiger partial charge >= 0.3 is 0 Å². The lowest BCUT2D eigenvalue weighted by atomic mass is 10.1. The highest BCUT2D eigenvalue weighted by Gasteiger charge is 2.17. The highest BCUT2D eigenvalue weighted by Crippen LogP contribution is 2.38. The molecule has 9 heteroatoms. The lowest BCUT2D eigenvalue weighted by molar-refractivity contribution is -0.115. The molecule has 1 heterocycles. The minimum absolute atomic E-state index is 0.235. The number of amides is 2. The normalized spacial score (nSPS) is 10.1. The molecule has 134 valence electrons. The SMILES string of the molecule is COc1cc(C(=O)NCC(=O)Nc2cc(C)on2)cc(OC)c1OC. The smallest absolute Gasteiger partial charge is 0.251 e. The van der Waals surface area contributed by atoms with Crippen LogP contribution in [0, 0.1) is 6.92 Å². The molecule has 25 heavy (non-hydrogen) atoms. The predicted molar refractivity (Wildman–Crippen MR) is 88.3 cm³/mol. The molecule has 9 nitrogen and oxygen atoms in total. The van der Waals surface area contributed by atoms with E-state index in [0.717, 1.165) is 0 Å². The van der Waals surface area contributed by atoms with Gasteiger partial charge in [-0.05, 0) is 19.1 Å². The number of hydrogen-bond acceptors (Lipinski definition) is 7. The molecule has 0 unspecified atom stereocenters. The van der Waals surface area contributed by atoms with Crippen molar-refractivity contribution in [1.82, 2.24) is 10.5 Å². The second-order valence-corrected chi connectivity index (χ2v) is 4.97. The number of carbonyl (C=O) groups is 2. The number of hydrogen-bond donors (Lipinski definition) is 2. The summed E-state index contributed by atoms with van der Waals surface area (Å²) in [4.78, 5) is 24.1. The molecule has 1 aromatic carbocycles. The Kier molecular flexibility index (Phi) is 5.83. The van der Waals surface area contributed by atoms with Crippen LogP contribution in [0.25, 0.3) is 0 Å². The molecular weight excluding hydrogens is 330 g/mol. The van der Waals surface area contributed by atoms with Gasteiger partial charge in [-0.2, -0.15) is 0 Å². The van der Waals surface area contributed by atoms with Crippen molar-refractivity contribution in [2.24, 2.45) is 0 Å². The third kappa shape index (κ3) is 4.40. The average molecular weight is 349 g/mol. The zero-order chi connectivity index (χ0) is 18.4. The van der Waals surface area contributed by atoms with Crippen LogP contribution in [0.15, 0.2) is 22.7 Å². The van der Waals surface area contributed by atoms with E-state index in [1.807, 2.05) is 0 Å². The van der Waals surface area contributed by atoms with Gasteiger partial charge in [-0.25, -0.2) is 0 Å². The van der Waals surface area contributed by atoms with E-state index in [-0.39, 0.29) is 17.9 Å². The fraction of sp³-hybridized carbons (Fsp3) is 0.312. The van der Waals surface area contributed by atoms with E-state index in [0.29, 0.717) is 23.0 Å². The number of carbonyl (C=O) groups excluding carboxylic acids is 2. The quantitative estimate of drug-likeness (QED) is 0.776. The molecular formula is C16H19N3O6. The molecule has 0 aliphatic heterocycles. The predicted octanol–water partition coefficient (Wildman–Crippen LogP) is 1.38. The molecule has 0 spiro atoms. The second kappa shape index (κ2) is 8.04. The summed E-state index contributed by atoms with van der Waals surface area (Å²) in [6.07, 6.45) is 0. The van der Waals surface area contributed by atoms with Crippen LogP contribution in [0.5, 0.6) is 17.2 Å². The fourth-order valence-electron chi connectivity index (χ4n) is 2.09. The Balaban J connectivity index is 2.03. The zero-order valence-electron chi connectivity index (χ0n) is 14.3. The number of nitrogens with one attached hydrogen (secondary N) is 2. The van der Waals surface area contributed by atoms with Gasteiger partial charge in [0.1, 0.15) is 5.76 Å². The molecule has 0 saturated carbocycles. The Morgan fingerprint density at radius 1 is 1.08 bits per heavy atom. The highest BCUT2D eigenvalue weighted by molar-refractivity contribution is 5.99. The van der Waals surface area contributed by atoms with Crippen molar-refractivity contribution in [3.63, 3.8) is 0 Å². The van der Waals surface area contributed by atoms with E-state index in [9.17, 15) is 9.59 Å². The largest absolute Gasteiger partial charge is 0.493 e. The van der Waals surface area contributed by atoms with Crippen LogP contribution in [-0.4, -0.2) is 44.8 Å². The molecule has 2 aromatic rings. The van der Waals surface area contributed by atoms with Crippen LogP contribution >= 0.6 is 0 Å². The van der Waals surface area contributed by atoms with Crippen molar-refractivity contribution >= 4 is 17.6 Å². The maximum Gasteiger partial charge on any atom is 0.251 e. The van der Waals surface area contributed by atoms with Gasteiger partial charge in [-0.3, -0.25) is 9.59 Å². The maximum absolute atomic E-state index is 12.3. The zero-order valence-corrected chi connectivity index (χ0v) is 14.3. The summed E-state index contributed by atoms with van der Waals surface area (Å²) in [7, 11) is 4.37. The molecule has 1 aromatic heterocycles. The Morgan fingerprint density at radius 2 is 1.72 bits per heavy atom. The number of benzene rings is 1. The molecule has 0 atom stereocenters. The third-order valence-corrected chi connectivity index (χ3v) is 3.23.